The summed E-state index contributed by atoms with van der Waals surface area (Å²) in [5, 5.41) is 3.99. The molecule has 0 fully saturated rings. The maximum absolute atomic E-state index is 13.2. The third-order valence-corrected chi connectivity index (χ3v) is 4.37. The number of fused-ring (bicyclic) bond motifs is 1. The summed E-state index contributed by atoms with van der Waals surface area (Å²) >= 11 is 4.92. The molecule has 0 unspecified atom stereocenters. The molecule has 27 heavy (non-hydrogen) atoms. The summed E-state index contributed by atoms with van der Waals surface area (Å²) in [5.41, 5.74) is 9.25. The quantitative estimate of drug-likeness (QED) is 0.390. The molecule has 0 radical (unpaired) electrons. The highest BCUT2D eigenvalue weighted by molar-refractivity contribution is 7.80. The first-order valence-electron chi connectivity index (χ1n) is 8.41. The highest BCUT2D eigenvalue weighted by Crippen LogP contribution is 2.30. The first-order valence-corrected chi connectivity index (χ1v) is 8.82. The average Bonchev–Trinajstić information content (AvgIpc) is 3.12. The maximum Gasteiger partial charge on any atom is 0.228 e. The molecule has 0 atom stereocenters. The molecule has 0 aliphatic rings. The summed E-state index contributed by atoms with van der Waals surface area (Å²) in [6.45, 7) is 0. The molecule has 5 heteroatoms. The van der Waals surface area contributed by atoms with Gasteiger partial charge in [0.25, 0.3) is 0 Å². The van der Waals surface area contributed by atoms with Crippen molar-refractivity contribution in [3.8, 4) is 11.1 Å². The third-order valence-electron chi connectivity index (χ3n) is 4.27. The molecule has 132 valence electrons. The van der Waals surface area contributed by atoms with Crippen molar-refractivity contribution in [3.05, 3.63) is 90.2 Å². The number of carbonyl (C=O) groups excluding carboxylic acids is 1. The number of nitrogens with one attached hydrogen (secondary N) is 1. The summed E-state index contributed by atoms with van der Waals surface area (Å²) in [7, 11) is 0. The fraction of sp³-hybridized carbons (Fsp3) is 0. The van der Waals surface area contributed by atoms with Gasteiger partial charge < -0.3 is 15.5 Å². The van der Waals surface area contributed by atoms with Crippen molar-refractivity contribution >= 4 is 39.8 Å². The molecule has 0 saturated carbocycles. The number of para-hydroxylation sites is 1. The lowest BCUT2D eigenvalue weighted by Crippen LogP contribution is -2.19. The summed E-state index contributed by atoms with van der Waals surface area (Å²) in [6, 6.07) is 24.4. The van der Waals surface area contributed by atoms with Gasteiger partial charge >= 0.3 is 0 Å². The Kier molecular flexibility index (Phi) is 4.44. The van der Waals surface area contributed by atoms with Crippen molar-refractivity contribution in [2.24, 2.45) is 5.73 Å². The Morgan fingerprint density at radius 2 is 1.67 bits per heavy atom. The van der Waals surface area contributed by atoms with Crippen LogP contribution in [-0.4, -0.2) is 10.9 Å². The van der Waals surface area contributed by atoms with Gasteiger partial charge in [-0.15, -0.1) is 0 Å². The van der Waals surface area contributed by atoms with Crippen LogP contribution in [0, 0.1) is 0 Å². The van der Waals surface area contributed by atoms with Gasteiger partial charge in [0.1, 0.15) is 5.58 Å². The number of nitrogens with two attached hydrogens (primary N) is 1. The molecule has 4 rings (SSSR count). The van der Waals surface area contributed by atoms with Gasteiger partial charge in [-0.3, -0.25) is 4.79 Å². The van der Waals surface area contributed by atoms with Crippen LogP contribution in [0.2, 0.25) is 0 Å². The van der Waals surface area contributed by atoms with Gasteiger partial charge in [0, 0.05) is 16.6 Å². The molecule has 4 nitrogen and oxygen atoms in total. The van der Waals surface area contributed by atoms with E-state index in [-0.39, 0.29) is 10.9 Å². The van der Waals surface area contributed by atoms with E-state index in [1.165, 1.54) is 0 Å². The Morgan fingerprint density at radius 1 is 0.926 bits per heavy atom. The average molecular weight is 372 g/mol. The van der Waals surface area contributed by atoms with Crippen LogP contribution >= 0.6 is 12.2 Å². The molecule has 0 aliphatic carbocycles. The summed E-state index contributed by atoms with van der Waals surface area (Å²) in [4.78, 5) is 13.2. The number of hydrogen-bond acceptors (Lipinski definition) is 3. The minimum Gasteiger partial charge on any atom is -0.453 e. The molecule has 1 aromatic heterocycles. The van der Waals surface area contributed by atoms with E-state index in [0.29, 0.717) is 16.9 Å². The van der Waals surface area contributed by atoms with Crippen LogP contribution in [-0.2, 0) is 0 Å². The normalized spacial score (nSPS) is 10.7. The van der Waals surface area contributed by atoms with E-state index in [1.54, 1.807) is 18.2 Å². The van der Waals surface area contributed by atoms with Crippen LogP contribution in [0.1, 0.15) is 16.1 Å². The third kappa shape index (κ3) is 3.45. The second kappa shape index (κ2) is 7.05. The molecule has 0 spiro atoms. The van der Waals surface area contributed by atoms with Crippen molar-refractivity contribution in [3.63, 3.8) is 0 Å². The Morgan fingerprint density at radius 3 is 2.41 bits per heavy atom. The number of ketones is 1. The zero-order valence-corrected chi connectivity index (χ0v) is 15.1. The predicted octanol–water partition coefficient (Wildman–Crippen LogP) is 4.99. The molecule has 3 N–H and O–H groups in total. The Labute approximate surface area is 161 Å². The minimum absolute atomic E-state index is 0.172. The van der Waals surface area contributed by atoms with Crippen molar-refractivity contribution in [1.82, 2.24) is 0 Å². The fourth-order valence-electron chi connectivity index (χ4n) is 3.05. The van der Waals surface area contributed by atoms with Gasteiger partial charge in [0.05, 0.1) is 0 Å². The lowest BCUT2D eigenvalue weighted by Gasteiger charge is -2.11. The van der Waals surface area contributed by atoms with E-state index in [4.69, 9.17) is 22.4 Å². The second-order valence-electron chi connectivity index (χ2n) is 6.09. The van der Waals surface area contributed by atoms with Gasteiger partial charge in [-0.25, -0.2) is 0 Å². The molecule has 0 aliphatic heterocycles. The number of rotatable bonds is 4. The van der Waals surface area contributed by atoms with E-state index >= 15 is 0 Å². The van der Waals surface area contributed by atoms with Gasteiger partial charge in [-0.05, 0) is 53.7 Å². The zero-order chi connectivity index (χ0) is 18.8. The summed E-state index contributed by atoms with van der Waals surface area (Å²) < 4.78 is 5.76. The molecule has 3 aromatic carbocycles. The number of furan rings is 1. The van der Waals surface area contributed by atoms with Crippen LogP contribution in [0.25, 0.3) is 22.1 Å². The number of thiocarbonyl (C=S) groups is 1. The number of hydrogen-bond donors (Lipinski definition) is 2. The first-order chi connectivity index (χ1) is 13.1. The van der Waals surface area contributed by atoms with Crippen molar-refractivity contribution < 1.29 is 9.21 Å². The molecule has 1 heterocycles. The topological polar surface area (TPSA) is 68.3 Å². The Bertz CT molecular complexity index is 1120. The largest absolute Gasteiger partial charge is 0.453 e. The van der Waals surface area contributed by atoms with Crippen LogP contribution in [0.3, 0.4) is 0 Å². The van der Waals surface area contributed by atoms with Crippen LogP contribution in [0.15, 0.2) is 83.3 Å². The van der Waals surface area contributed by atoms with Crippen LogP contribution in [0.5, 0.6) is 0 Å². The van der Waals surface area contributed by atoms with E-state index in [2.05, 4.69) is 5.32 Å². The van der Waals surface area contributed by atoms with Gasteiger partial charge in [-0.2, -0.15) is 0 Å². The molecule has 0 amide bonds. The van der Waals surface area contributed by atoms with E-state index in [0.717, 1.165) is 22.2 Å². The standard InChI is InChI=1S/C22H16N2O2S/c23-22(27)24-16-10-11-17(18(13-16)14-6-2-1-3-7-14)21(25)20-12-15-8-4-5-9-19(15)26-20/h1-13H,(H3,23,24,27). The first kappa shape index (κ1) is 17.0. The van der Waals surface area contributed by atoms with E-state index in [9.17, 15) is 4.79 Å². The van der Waals surface area contributed by atoms with E-state index in [1.807, 2.05) is 60.7 Å². The molecule has 4 aromatic rings. The Hall–Kier alpha value is -3.44. The monoisotopic (exact) mass is 372 g/mol. The van der Waals surface area contributed by atoms with Crippen LogP contribution in [0.4, 0.5) is 5.69 Å². The number of anilines is 1. The lowest BCUT2D eigenvalue weighted by atomic mass is 9.95. The number of benzene rings is 3. The van der Waals surface area contributed by atoms with E-state index < -0.39 is 0 Å². The lowest BCUT2D eigenvalue weighted by molar-refractivity contribution is 0.101. The van der Waals surface area contributed by atoms with Gasteiger partial charge in [0.2, 0.25) is 5.78 Å². The Balaban J connectivity index is 1.83. The van der Waals surface area contributed by atoms with Crippen molar-refractivity contribution in [2.75, 3.05) is 5.32 Å². The predicted molar refractivity (Wildman–Crippen MR) is 112 cm³/mol. The van der Waals surface area contributed by atoms with Crippen molar-refractivity contribution in [1.29, 1.82) is 0 Å². The second-order valence-corrected chi connectivity index (χ2v) is 6.53. The zero-order valence-electron chi connectivity index (χ0n) is 14.3. The minimum atomic E-state index is -0.174. The summed E-state index contributed by atoms with van der Waals surface area (Å²) in [6.07, 6.45) is 0. The maximum atomic E-state index is 13.2. The summed E-state index contributed by atoms with van der Waals surface area (Å²) in [5.74, 6) is 0.135. The molecular weight excluding hydrogens is 356 g/mol. The molecular formula is C22H16N2O2S. The van der Waals surface area contributed by atoms with Crippen molar-refractivity contribution in [2.45, 2.75) is 0 Å². The molecule has 0 saturated heterocycles. The van der Waals surface area contributed by atoms with Crippen LogP contribution < -0.4 is 11.1 Å². The molecule has 0 bridgehead atoms. The SMILES string of the molecule is NC(=S)Nc1ccc(C(=O)c2cc3ccccc3o2)c(-c2ccccc2)c1. The highest BCUT2D eigenvalue weighted by atomic mass is 32.1. The number of carbonyl (C=O) groups is 1. The van der Waals surface area contributed by atoms with Gasteiger partial charge in [-0.1, -0.05) is 48.5 Å². The highest BCUT2D eigenvalue weighted by Gasteiger charge is 2.19. The fourth-order valence-corrected chi connectivity index (χ4v) is 3.16. The van der Waals surface area contributed by atoms with Gasteiger partial charge in [0.15, 0.2) is 10.9 Å². The smallest absolute Gasteiger partial charge is 0.228 e.